The van der Waals surface area contributed by atoms with Gasteiger partial charge in [0.1, 0.15) is 5.75 Å². The van der Waals surface area contributed by atoms with Gasteiger partial charge in [-0.15, -0.1) is 0 Å². The number of nitrogens with one attached hydrogen (secondary N) is 1. The molecule has 0 spiro atoms. The van der Waals surface area contributed by atoms with Gasteiger partial charge in [0.05, 0.1) is 45.8 Å². The first-order chi connectivity index (χ1) is 17.1. The van der Waals surface area contributed by atoms with E-state index in [1.807, 2.05) is 12.1 Å². The predicted octanol–water partition coefficient (Wildman–Crippen LogP) is 3.99. The summed E-state index contributed by atoms with van der Waals surface area (Å²) in [6.07, 6.45) is 3.96. The maximum absolute atomic E-state index is 13.3. The van der Waals surface area contributed by atoms with Crippen LogP contribution in [0.3, 0.4) is 0 Å². The van der Waals surface area contributed by atoms with E-state index < -0.39 is 0 Å². The zero-order valence-electron chi connectivity index (χ0n) is 20.2. The second kappa shape index (κ2) is 11.1. The van der Waals surface area contributed by atoms with Crippen molar-refractivity contribution in [3.63, 3.8) is 0 Å². The molecule has 0 unspecified atom stereocenters. The SMILES string of the molecule is COc1cc(CNC(=O)c2cc(-c3ncccc3CO)ccc2OCC2CC2)cc(OC)c1OC. The van der Waals surface area contributed by atoms with Crippen LogP contribution in [0.2, 0.25) is 0 Å². The highest BCUT2D eigenvalue weighted by Crippen LogP contribution is 2.38. The molecule has 1 fully saturated rings. The van der Waals surface area contributed by atoms with Crippen molar-refractivity contribution in [1.29, 1.82) is 0 Å². The molecule has 2 aromatic carbocycles. The van der Waals surface area contributed by atoms with Gasteiger partial charge in [0.15, 0.2) is 11.5 Å². The maximum atomic E-state index is 13.3. The average Bonchev–Trinajstić information content (AvgIpc) is 3.74. The number of methoxy groups -OCH3 is 3. The van der Waals surface area contributed by atoms with Crippen LogP contribution in [-0.4, -0.2) is 43.9 Å². The second-order valence-electron chi connectivity index (χ2n) is 8.35. The predicted molar refractivity (Wildman–Crippen MR) is 131 cm³/mol. The van der Waals surface area contributed by atoms with Crippen LogP contribution in [0.1, 0.15) is 34.3 Å². The summed E-state index contributed by atoms with van der Waals surface area (Å²) in [5.41, 5.74) is 3.23. The molecular weight excluding hydrogens is 448 g/mol. The molecule has 1 aromatic heterocycles. The van der Waals surface area contributed by atoms with Gasteiger partial charge in [-0.2, -0.15) is 0 Å². The highest BCUT2D eigenvalue weighted by molar-refractivity contribution is 5.98. The molecule has 4 rings (SSSR count). The number of rotatable bonds is 11. The van der Waals surface area contributed by atoms with Crippen molar-refractivity contribution in [3.8, 4) is 34.3 Å². The van der Waals surface area contributed by atoms with Crippen molar-refractivity contribution >= 4 is 5.91 Å². The number of carbonyl (C=O) groups is 1. The highest BCUT2D eigenvalue weighted by Gasteiger charge is 2.24. The van der Waals surface area contributed by atoms with Crippen LogP contribution in [-0.2, 0) is 13.2 Å². The number of ether oxygens (including phenoxy) is 4. The Labute approximate surface area is 204 Å². The van der Waals surface area contributed by atoms with Gasteiger partial charge < -0.3 is 29.4 Å². The van der Waals surface area contributed by atoms with Crippen molar-refractivity contribution < 1.29 is 28.8 Å². The van der Waals surface area contributed by atoms with Crippen LogP contribution < -0.4 is 24.3 Å². The fourth-order valence-corrected chi connectivity index (χ4v) is 3.81. The fraction of sp³-hybridized carbons (Fsp3) is 0.333. The van der Waals surface area contributed by atoms with Gasteiger partial charge in [-0.3, -0.25) is 9.78 Å². The number of aliphatic hydroxyl groups is 1. The number of aliphatic hydroxyl groups excluding tert-OH is 1. The number of nitrogens with zero attached hydrogens (tertiary/aromatic N) is 1. The summed E-state index contributed by atoms with van der Waals surface area (Å²) in [5, 5.41) is 12.7. The molecule has 0 saturated heterocycles. The van der Waals surface area contributed by atoms with Gasteiger partial charge >= 0.3 is 0 Å². The van der Waals surface area contributed by atoms with Gasteiger partial charge in [0.2, 0.25) is 5.75 Å². The summed E-state index contributed by atoms with van der Waals surface area (Å²) in [4.78, 5) is 17.7. The average molecular weight is 479 g/mol. The third-order valence-electron chi connectivity index (χ3n) is 5.91. The topological polar surface area (TPSA) is 99.1 Å². The Kier molecular flexibility index (Phi) is 7.72. The number of pyridine rings is 1. The lowest BCUT2D eigenvalue weighted by Crippen LogP contribution is -2.24. The zero-order valence-corrected chi connectivity index (χ0v) is 20.2. The van der Waals surface area contributed by atoms with E-state index in [4.69, 9.17) is 18.9 Å². The summed E-state index contributed by atoms with van der Waals surface area (Å²) in [6, 6.07) is 12.6. The first-order valence-corrected chi connectivity index (χ1v) is 11.5. The Balaban J connectivity index is 1.60. The third kappa shape index (κ3) is 5.66. The molecule has 1 heterocycles. The van der Waals surface area contributed by atoms with E-state index in [1.165, 1.54) is 0 Å². The lowest BCUT2D eigenvalue weighted by Gasteiger charge is -2.16. The van der Waals surface area contributed by atoms with E-state index in [0.29, 0.717) is 52.3 Å². The van der Waals surface area contributed by atoms with Gasteiger partial charge in [-0.05, 0) is 60.7 Å². The molecule has 184 valence electrons. The molecular formula is C27H30N2O6. The van der Waals surface area contributed by atoms with Gasteiger partial charge in [0.25, 0.3) is 5.91 Å². The quantitative estimate of drug-likeness (QED) is 0.430. The summed E-state index contributed by atoms with van der Waals surface area (Å²) in [7, 11) is 4.64. The van der Waals surface area contributed by atoms with Crippen LogP contribution in [0.4, 0.5) is 0 Å². The van der Waals surface area contributed by atoms with Crippen molar-refractivity contribution in [3.05, 3.63) is 65.4 Å². The first-order valence-electron chi connectivity index (χ1n) is 11.5. The normalized spacial score (nSPS) is 12.7. The Bertz CT molecular complexity index is 1170. The molecule has 1 saturated carbocycles. The summed E-state index contributed by atoms with van der Waals surface area (Å²) >= 11 is 0. The number of benzene rings is 2. The molecule has 2 N–H and O–H groups in total. The number of amides is 1. The van der Waals surface area contributed by atoms with Crippen molar-refractivity contribution in [2.45, 2.75) is 26.0 Å². The minimum absolute atomic E-state index is 0.147. The molecule has 0 radical (unpaired) electrons. The molecule has 35 heavy (non-hydrogen) atoms. The van der Waals surface area contributed by atoms with E-state index in [-0.39, 0.29) is 19.1 Å². The van der Waals surface area contributed by atoms with Crippen LogP contribution in [0, 0.1) is 5.92 Å². The van der Waals surface area contributed by atoms with Crippen LogP contribution >= 0.6 is 0 Å². The minimum atomic E-state index is -0.284. The number of hydrogen-bond acceptors (Lipinski definition) is 7. The number of carbonyl (C=O) groups excluding carboxylic acids is 1. The standard InChI is InChI=1S/C27H30N2O6/c1-32-23-11-18(12-24(33-2)26(23)34-3)14-29-27(31)21-13-19(25-20(15-30)5-4-10-28-25)8-9-22(21)35-16-17-6-7-17/h4-5,8-13,17,30H,6-7,14-16H2,1-3H3,(H,29,31). The van der Waals surface area contributed by atoms with E-state index >= 15 is 0 Å². The Hall–Kier alpha value is -3.78. The molecule has 1 aliphatic rings. The zero-order chi connectivity index (χ0) is 24.8. The Morgan fingerprint density at radius 3 is 2.40 bits per heavy atom. The number of aromatic nitrogens is 1. The lowest BCUT2D eigenvalue weighted by molar-refractivity contribution is 0.0946. The molecule has 8 nitrogen and oxygen atoms in total. The van der Waals surface area contributed by atoms with Crippen LogP contribution in [0.25, 0.3) is 11.3 Å². The summed E-state index contributed by atoms with van der Waals surface area (Å²) in [6.45, 7) is 0.678. The summed E-state index contributed by atoms with van der Waals surface area (Å²) < 4.78 is 22.2. The second-order valence-corrected chi connectivity index (χ2v) is 8.35. The lowest BCUT2D eigenvalue weighted by atomic mass is 10.0. The summed E-state index contributed by atoms with van der Waals surface area (Å²) in [5.74, 6) is 2.29. The van der Waals surface area contributed by atoms with E-state index in [2.05, 4.69) is 10.3 Å². The molecule has 1 aliphatic carbocycles. The molecule has 0 atom stereocenters. The molecule has 1 amide bonds. The van der Waals surface area contributed by atoms with Crippen molar-refractivity contribution in [2.24, 2.45) is 5.92 Å². The van der Waals surface area contributed by atoms with Crippen LogP contribution in [0.15, 0.2) is 48.7 Å². The monoisotopic (exact) mass is 478 g/mol. The van der Waals surface area contributed by atoms with Gasteiger partial charge in [-0.25, -0.2) is 0 Å². The molecule has 0 aliphatic heterocycles. The smallest absolute Gasteiger partial charge is 0.255 e. The van der Waals surface area contributed by atoms with E-state index in [0.717, 1.165) is 24.0 Å². The largest absolute Gasteiger partial charge is 0.493 e. The van der Waals surface area contributed by atoms with E-state index in [9.17, 15) is 9.90 Å². The third-order valence-corrected chi connectivity index (χ3v) is 5.91. The molecule has 0 bridgehead atoms. The van der Waals surface area contributed by atoms with E-state index in [1.54, 1.807) is 57.9 Å². The first kappa shape index (κ1) is 24.3. The fourth-order valence-electron chi connectivity index (χ4n) is 3.81. The van der Waals surface area contributed by atoms with Gasteiger partial charge in [0, 0.05) is 23.9 Å². The van der Waals surface area contributed by atoms with Crippen molar-refractivity contribution in [2.75, 3.05) is 27.9 Å². The Morgan fingerprint density at radius 2 is 1.77 bits per heavy atom. The van der Waals surface area contributed by atoms with Crippen LogP contribution in [0.5, 0.6) is 23.0 Å². The van der Waals surface area contributed by atoms with Crippen molar-refractivity contribution in [1.82, 2.24) is 10.3 Å². The highest BCUT2D eigenvalue weighted by atomic mass is 16.5. The molecule has 8 heteroatoms. The van der Waals surface area contributed by atoms with Gasteiger partial charge in [-0.1, -0.05) is 6.07 Å². The Morgan fingerprint density at radius 1 is 1.03 bits per heavy atom. The minimum Gasteiger partial charge on any atom is -0.493 e. The molecule has 3 aromatic rings. The maximum Gasteiger partial charge on any atom is 0.255 e. The number of hydrogen-bond donors (Lipinski definition) is 2.